The Kier molecular flexibility index (Phi) is 9.67. The zero-order chi connectivity index (χ0) is 19.3. The molecule has 1 heterocycles. The Labute approximate surface area is 164 Å². The fourth-order valence-corrected chi connectivity index (χ4v) is 2.77. The van der Waals surface area contributed by atoms with E-state index in [1.165, 1.54) is 32.1 Å². The molecule has 1 aromatic carbocycles. The molecule has 0 amide bonds. The lowest BCUT2D eigenvalue weighted by molar-refractivity contribution is 0.297. The highest BCUT2D eigenvalue weighted by Gasteiger charge is 2.04. The van der Waals surface area contributed by atoms with Gasteiger partial charge in [-0.05, 0) is 49.4 Å². The van der Waals surface area contributed by atoms with Gasteiger partial charge in [0.25, 0.3) is 0 Å². The topological polar surface area (TPSA) is 44.2 Å². The maximum absolute atomic E-state index is 5.75. The predicted molar refractivity (Wildman–Crippen MR) is 111 cm³/mol. The summed E-state index contributed by atoms with van der Waals surface area (Å²) in [6, 6.07) is 7.96. The molecule has 148 valence electrons. The standard InChI is InChI=1S/C23H34N2O2/c1-4-6-8-15-26-21-13-11-20(12-14-21)23-24-17-22(18-25-23)27-16-9-7-10-19(3)5-2/h11-14,17-19H,4-10,15-16H2,1-3H3. The van der Waals surface area contributed by atoms with Gasteiger partial charge in [-0.3, -0.25) is 0 Å². The lowest BCUT2D eigenvalue weighted by Gasteiger charge is -2.09. The zero-order valence-corrected chi connectivity index (χ0v) is 17.1. The van der Waals surface area contributed by atoms with E-state index in [1.807, 2.05) is 24.3 Å². The van der Waals surface area contributed by atoms with Crippen molar-refractivity contribution in [3.8, 4) is 22.9 Å². The van der Waals surface area contributed by atoms with Crippen LogP contribution in [-0.2, 0) is 0 Å². The molecular formula is C23H34N2O2. The van der Waals surface area contributed by atoms with Crippen LogP contribution >= 0.6 is 0 Å². The molecule has 0 aliphatic carbocycles. The van der Waals surface area contributed by atoms with Gasteiger partial charge in [-0.1, -0.05) is 46.5 Å². The molecule has 0 saturated heterocycles. The Morgan fingerprint density at radius 2 is 1.44 bits per heavy atom. The molecule has 0 spiro atoms. The number of benzene rings is 1. The monoisotopic (exact) mass is 370 g/mol. The van der Waals surface area contributed by atoms with E-state index in [1.54, 1.807) is 12.4 Å². The van der Waals surface area contributed by atoms with E-state index in [0.717, 1.165) is 49.0 Å². The second-order valence-electron chi connectivity index (χ2n) is 7.18. The molecule has 0 bridgehead atoms. The third-order valence-corrected chi connectivity index (χ3v) is 4.81. The van der Waals surface area contributed by atoms with Gasteiger partial charge < -0.3 is 9.47 Å². The minimum atomic E-state index is 0.705. The van der Waals surface area contributed by atoms with Crippen LogP contribution in [0.5, 0.6) is 11.5 Å². The van der Waals surface area contributed by atoms with E-state index in [0.29, 0.717) is 5.82 Å². The van der Waals surface area contributed by atoms with Crippen LogP contribution in [0.15, 0.2) is 36.7 Å². The van der Waals surface area contributed by atoms with E-state index in [2.05, 4.69) is 30.7 Å². The van der Waals surface area contributed by atoms with Gasteiger partial charge in [0.05, 0.1) is 25.6 Å². The summed E-state index contributed by atoms with van der Waals surface area (Å²) in [5.41, 5.74) is 0.982. The average molecular weight is 371 g/mol. The molecule has 0 aliphatic rings. The van der Waals surface area contributed by atoms with E-state index in [4.69, 9.17) is 9.47 Å². The van der Waals surface area contributed by atoms with Crippen molar-refractivity contribution in [2.75, 3.05) is 13.2 Å². The molecule has 4 nitrogen and oxygen atoms in total. The van der Waals surface area contributed by atoms with Crippen LogP contribution in [0, 0.1) is 5.92 Å². The molecule has 4 heteroatoms. The van der Waals surface area contributed by atoms with Crippen molar-refractivity contribution >= 4 is 0 Å². The highest BCUT2D eigenvalue weighted by atomic mass is 16.5. The summed E-state index contributed by atoms with van der Waals surface area (Å²) in [6.07, 6.45) is 11.8. The molecular weight excluding hydrogens is 336 g/mol. The quantitative estimate of drug-likeness (QED) is 0.388. The van der Waals surface area contributed by atoms with Gasteiger partial charge in [0, 0.05) is 5.56 Å². The predicted octanol–water partition coefficient (Wildman–Crippen LogP) is 6.31. The zero-order valence-electron chi connectivity index (χ0n) is 17.1. The minimum absolute atomic E-state index is 0.705. The number of rotatable bonds is 13. The van der Waals surface area contributed by atoms with Crippen LogP contribution in [0.1, 0.15) is 65.7 Å². The number of hydrogen-bond acceptors (Lipinski definition) is 4. The van der Waals surface area contributed by atoms with Gasteiger partial charge >= 0.3 is 0 Å². The molecule has 0 N–H and O–H groups in total. The summed E-state index contributed by atoms with van der Waals surface area (Å²) >= 11 is 0. The van der Waals surface area contributed by atoms with E-state index < -0.39 is 0 Å². The van der Waals surface area contributed by atoms with Crippen LogP contribution in [0.3, 0.4) is 0 Å². The Hall–Kier alpha value is -2.10. The van der Waals surface area contributed by atoms with Crippen LogP contribution < -0.4 is 9.47 Å². The molecule has 0 aliphatic heterocycles. The maximum atomic E-state index is 5.75. The minimum Gasteiger partial charge on any atom is -0.494 e. The van der Waals surface area contributed by atoms with Crippen LogP contribution in [0.2, 0.25) is 0 Å². The van der Waals surface area contributed by atoms with Crippen molar-refractivity contribution in [1.82, 2.24) is 9.97 Å². The smallest absolute Gasteiger partial charge is 0.159 e. The molecule has 0 saturated carbocycles. The number of nitrogens with zero attached hydrogens (tertiary/aromatic N) is 2. The second-order valence-corrected chi connectivity index (χ2v) is 7.18. The SMILES string of the molecule is CCCCCOc1ccc(-c2ncc(OCCCCC(C)CC)cn2)cc1. The lowest BCUT2D eigenvalue weighted by Crippen LogP contribution is -2.00. The van der Waals surface area contributed by atoms with E-state index >= 15 is 0 Å². The normalized spacial score (nSPS) is 12.0. The van der Waals surface area contributed by atoms with E-state index in [-0.39, 0.29) is 0 Å². The fourth-order valence-electron chi connectivity index (χ4n) is 2.77. The van der Waals surface area contributed by atoms with Gasteiger partial charge in [-0.25, -0.2) is 9.97 Å². The van der Waals surface area contributed by atoms with Crippen LogP contribution in [0.4, 0.5) is 0 Å². The summed E-state index contributed by atoms with van der Waals surface area (Å²) in [7, 11) is 0. The van der Waals surface area contributed by atoms with Gasteiger partial charge in [-0.15, -0.1) is 0 Å². The van der Waals surface area contributed by atoms with E-state index in [9.17, 15) is 0 Å². The van der Waals surface area contributed by atoms with Crippen molar-refractivity contribution in [3.05, 3.63) is 36.7 Å². The molecule has 0 radical (unpaired) electrons. The largest absolute Gasteiger partial charge is 0.494 e. The Morgan fingerprint density at radius 3 is 2.07 bits per heavy atom. The van der Waals surface area contributed by atoms with Crippen molar-refractivity contribution in [1.29, 1.82) is 0 Å². The first-order valence-electron chi connectivity index (χ1n) is 10.4. The molecule has 1 unspecified atom stereocenters. The van der Waals surface area contributed by atoms with Crippen LogP contribution in [0.25, 0.3) is 11.4 Å². The average Bonchev–Trinajstić information content (AvgIpc) is 2.72. The molecule has 2 aromatic rings. The molecule has 0 fully saturated rings. The van der Waals surface area contributed by atoms with Crippen molar-refractivity contribution in [3.63, 3.8) is 0 Å². The summed E-state index contributed by atoms with van der Waals surface area (Å²) in [6.45, 7) is 8.24. The number of unbranched alkanes of at least 4 members (excludes halogenated alkanes) is 3. The summed E-state index contributed by atoms with van der Waals surface area (Å²) in [5, 5.41) is 0. The first-order valence-corrected chi connectivity index (χ1v) is 10.4. The third-order valence-electron chi connectivity index (χ3n) is 4.81. The first-order chi connectivity index (χ1) is 13.2. The van der Waals surface area contributed by atoms with Crippen molar-refractivity contribution in [2.24, 2.45) is 5.92 Å². The third kappa shape index (κ3) is 7.98. The molecule has 1 aromatic heterocycles. The summed E-state index contributed by atoms with van der Waals surface area (Å²) in [5.74, 6) is 3.14. The fraction of sp³-hybridized carbons (Fsp3) is 0.565. The van der Waals surface area contributed by atoms with Crippen molar-refractivity contribution < 1.29 is 9.47 Å². The van der Waals surface area contributed by atoms with Gasteiger partial charge in [0.1, 0.15) is 5.75 Å². The summed E-state index contributed by atoms with van der Waals surface area (Å²) in [4.78, 5) is 8.86. The first kappa shape index (κ1) is 21.2. The van der Waals surface area contributed by atoms with Crippen LogP contribution in [-0.4, -0.2) is 23.2 Å². The number of hydrogen-bond donors (Lipinski definition) is 0. The highest BCUT2D eigenvalue weighted by Crippen LogP contribution is 2.21. The molecule has 2 rings (SSSR count). The van der Waals surface area contributed by atoms with Gasteiger partial charge in [-0.2, -0.15) is 0 Å². The second kappa shape index (κ2) is 12.3. The lowest BCUT2D eigenvalue weighted by atomic mass is 10.0. The summed E-state index contributed by atoms with van der Waals surface area (Å²) < 4.78 is 11.5. The Bertz CT molecular complexity index is 626. The van der Waals surface area contributed by atoms with Crippen molar-refractivity contribution in [2.45, 2.75) is 65.7 Å². The molecule has 1 atom stereocenters. The number of aromatic nitrogens is 2. The Balaban J connectivity index is 1.75. The molecule has 27 heavy (non-hydrogen) atoms. The highest BCUT2D eigenvalue weighted by molar-refractivity contribution is 5.56. The number of ether oxygens (including phenoxy) is 2. The Morgan fingerprint density at radius 1 is 0.815 bits per heavy atom. The van der Waals surface area contributed by atoms with Gasteiger partial charge in [0.2, 0.25) is 0 Å². The van der Waals surface area contributed by atoms with Gasteiger partial charge in [0.15, 0.2) is 11.6 Å². The maximum Gasteiger partial charge on any atom is 0.159 e.